The van der Waals surface area contributed by atoms with Gasteiger partial charge >= 0.3 is 0 Å². The van der Waals surface area contributed by atoms with Gasteiger partial charge in [-0.05, 0) is 49.1 Å². The first-order valence-corrected chi connectivity index (χ1v) is 9.16. The molecular formula is C20H18ClF2N3O. The molecule has 0 radical (unpaired) electrons. The molecule has 0 unspecified atom stereocenters. The first kappa shape index (κ1) is 17.9. The van der Waals surface area contributed by atoms with Crippen LogP contribution in [0.1, 0.15) is 29.0 Å². The van der Waals surface area contributed by atoms with E-state index >= 15 is 0 Å². The van der Waals surface area contributed by atoms with E-state index in [-0.39, 0.29) is 12.1 Å². The predicted octanol–water partition coefficient (Wildman–Crippen LogP) is 4.65. The second-order valence-electron chi connectivity index (χ2n) is 6.98. The van der Waals surface area contributed by atoms with Crippen LogP contribution in [0.15, 0.2) is 36.4 Å². The highest BCUT2D eigenvalue weighted by atomic mass is 35.5. The number of halogens is 3. The third kappa shape index (κ3) is 3.54. The molecule has 7 heteroatoms. The molecule has 140 valence electrons. The number of rotatable bonds is 5. The molecule has 0 spiro atoms. The van der Waals surface area contributed by atoms with Crippen molar-refractivity contribution in [1.29, 1.82) is 0 Å². The Balaban J connectivity index is 1.65. The van der Waals surface area contributed by atoms with Crippen LogP contribution in [0.4, 0.5) is 8.78 Å². The van der Waals surface area contributed by atoms with Gasteiger partial charge in [0.15, 0.2) is 11.6 Å². The summed E-state index contributed by atoms with van der Waals surface area (Å²) in [6.45, 7) is 0.996. The topological polar surface area (TPSA) is 38.1 Å². The molecule has 2 aromatic carbocycles. The maximum Gasteiger partial charge on any atom is 0.257 e. The summed E-state index contributed by atoms with van der Waals surface area (Å²) in [5, 5.41) is 0.622. The fraction of sp³-hybridized carbons (Fsp3) is 0.300. The van der Waals surface area contributed by atoms with Gasteiger partial charge in [0.25, 0.3) is 5.91 Å². The Morgan fingerprint density at radius 3 is 2.81 bits per heavy atom. The molecule has 0 aliphatic heterocycles. The summed E-state index contributed by atoms with van der Waals surface area (Å²) < 4.78 is 29.5. The van der Waals surface area contributed by atoms with Gasteiger partial charge < -0.3 is 9.47 Å². The van der Waals surface area contributed by atoms with Crippen molar-refractivity contribution in [2.24, 2.45) is 5.92 Å². The lowest BCUT2D eigenvalue weighted by Gasteiger charge is -2.18. The Labute approximate surface area is 160 Å². The van der Waals surface area contributed by atoms with Crippen molar-refractivity contribution in [3.63, 3.8) is 0 Å². The van der Waals surface area contributed by atoms with Gasteiger partial charge in [-0.1, -0.05) is 17.7 Å². The van der Waals surface area contributed by atoms with Gasteiger partial charge in [0.1, 0.15) is 5.82 Å². The number of carbonyl (C=O) groups excluding carboxylic acids is 1. The van der Waals surface area contributed by atoms with Gasteiger partial charge in [0, 0.05) is 18.6 Å². The number of fused-ring (bicyclic) bond motifs is 1. The standard InChI is InChI=1S/C20H18ClF2N3O/c1-25(20(27)14-3-2-4-15(22)19(14)23)11-18-24-16-8-7-13(21)9-17(16)26(18)10-12-5-6-12/h2-4,7-9,12H,5-6,10-11H2,1H3. The molecule has 1 aliphatic rings. The maximum absolute atomic E-state index is 14.0. The fourth-order valence-electron chi connectivity index (χ4n) is 3.19. The van der Waals surface area contributed by atoms with Gasteiger partial charge in [-0.15, -0.1) is 0 Å². The molecule has 1 aromatic heterocycles. The van der Waals surface area contributed by atoms with Crippen LogP contribution in [0.2, 0.25) is 5.02 Å². The summed E-state index contributed by atoms with van der Waals surface area (Å²) in [5.41, 5.74) is 1.43. The second-order valence-corrected chi connectivity index (χ2v) is 7.41. The number of amides is 1. The van der Waals surface area contributed by atoms with Crippen molar-refractivity contribution in [2.45, 2.75) is 25.9 Å². The third-order valence-electron chi connectivity index (χ3n) is 4.83. The quantitative estimate of drug-likeness (QED) is 0.637. The third-order valence-corrected chi connectivity index (χ3v) is 5.07. The molecule has 27 heavy (non-hydrogen) atoms. The molecule has 4 rings (SSSR count). The Morgan fingerprint density at radius 1 is 1.30 bits per heavy atom. The summed E-state index contributed by atoms with van der Waals surface area (Å²) in [6.07, 6.45) is 2.34. The number of imidazole rings is 1. The summed E-state index contributed by atoms with van der Waals surface area (Å²) in [7, 11) is 1.56. The lowest BCUT2D eigenvalue weighted by Crippen LogP contribution is -2.29. The zero-order valence-corrected chi connectivity index (χ0v) is 15.5. The molecule has 0 bridgehead atoms. The molecule has 4 nitrogen and oxygen atoms in total. The van der Waals surface area contributed by atoms with E-state index in [1.165, 1.54) is 29.9 Å². The Bertz CT molecular complexity index is 1030. The van der Waals surface area contributed by atoms with E-state index < -0.39 is 17.5 Å². The highest BCUT2D eigenvalue weighted by Crippen LogP contribution is 2.33. The zero-order chi connectivity index (χ0) is 19.1. The minimum atomic E-state index is -1.13. The minimum absolute atomic E-state index is 0.188. The first-order valence-electron chi connectivity index (χ1n) is 8.78. The van der Waals surface area contributed by atoms with Crippen molar-refractivity contribution in [3.05, 3.63) is 64.4 Å². The van der Waals surface area contributed by atoms with Crippen molar-refractivity contribution < 1.29 is 13.6 Å². The second kappa shape index (κ2) is 6.93. The normalized spacial score (nSPS) is 13.9. The molecule has 0 saturated heterocycles. The lowest BCUT2D eigenvalue weighted by molar-refractivity contribution is 0.0774. The molecule has 0 atom stereocenters. The summed E-state index contributed by atoms with van der Waals surface area (Å²) >= 11 is 6.14. The van der Waals surface area contributed by atoms with E-state index in [0.717, 1.165) is 23.6 Å². The van der Waals surface area contributed by atoms with Gasteiger partial charge in [-0.25, -0.2) is 13.8 Å². The number of benzene rings is 2. The van der Waals surface area contributed by atoms with Crippen LogP contribution >= 0.6 is 11.6 Å². The number of aromatic nitrogens is 2. The van der Waals surface area contributed by atoms with E-state index in [1.54, 1.807) is 13.1 Å². The van der Waals surface area contributed by atoms with Crippen molar-refractivity contribution in [3.8, 4) is 0 Å². The average Bonchev–Trinajstić information content (AvgIpc) is 3.40. The molecule has 1 saturated carbocycles. The van der Waals surface area contributed by atoms with E-state index in [9.17, 15) is 13.6 Å². The maximum atomic E-state index is 14.0. The van der Waals surface area contributed by atoms with E-state index in [1.807, 2.05) is 12.1 Å². The van der Waals surface area contributed by atoms with Gasteiger partial charge in [-0.2, -0.15) is 0 Å². The van der Waals surface area contributed by atoms with Crippen LogP contribution in [0, 0.1) is 17.6 Å². The predicted molar refractivity (Wildman–Crippen MR) is 99.6 cm³/mol. The number of nitrogens with zero attached hydrogens (tertiary/aromatic N) is 3. The molecule has 1 fully saturated rings. The summed E-state index contributed by atoms with van der Waals surface area (Å²) in [5.74, 6) is -1.46. The van der Waals surface area contributed by atoms with Crippen LogP contribution < -0.4 is 0 Å². The Morgan fingerprint density at radius 2 is 2.07 bits per heavy atom. The highest BCUT2D eigenvalue weighted by molar-refractivity contribution is 6.31. The van der Waals surface area contributed by atoms with Gasteiger partial charge in [0.2, 0.25) is 0 Å². The van der Waals surface area contributed by atoms with Crippen LogP contribution in [0.3, 0.4) is 0 Å². The molecule has 1 amide bonds. The summed E-state index contributed by atoms with van der Waals surface area (Å²) in [6, 6.07) is 9.08. The van der Waals surface area contributed by atoms with Crippen LogP contribution in [-0.4, -0.2) is 27.4 Å². The Kier molecular flexibility index (Phi) is 4.60. The Hall–Kier alpha value is -2.47. The monoisotopic (exact) mass is 389 g/mol. The van der Waals surface area contributed by atoms with E-state index in [0.29, 0.717) is 16.8 Å². The van der Waals surface area contributed by atoms with Crippen molar-refractivity contribution in [2.75, 3.05) is 7.05 Å². The number of hydrogen-bond donors (Lipinski definition) is 0. The van der Waals surface area contributed by atoms with E-state index in [4.69, 9.17) is 11.6 Å². The fourth-order valence-corrected chi connectivity index (χ4v) is 3.35. The highest BCUT2D eigenvalue weighted by Gasteiger charge is 2.26. The van der Waals surface area contributed by atoms with Gasteiger partial charge in [0.05, 0.1) is 23.1 Å². The number of hydrogen-bond acceptors (Lipinski definition) is 2. The molecule has 1 heterocycles. The smallest absolute Gasteiger partial charge is 0.257 e. The molecule has 3 aromatic rings. The van der Waals surface area contributed by atoms with Crippen molar-refractivity contribution in [1.82, 2.24) is 14.5 Å². The van der Waals surface area contributed by atoms with Gasteiger partial charge in [-0.3, -0.25) is 4.79 Å². The first-order chi connectivity index (χ1) is 12.9. The minimum Gasteiger partial charge on any atom is -0.334 e. The molecule has 1 aliphatic carbocycles. The summed E-state index contributed by atoms with van der Waals surface area (Å²) in [4.78, 5) is 18.6. The lowest BCUT2D eigenvalue weighted by atomic mass is 10.2. The molecular weight excluding hydrogens is 372 g/mol. The average molecular weight is 390 g/mol. The van der Waals surface area contributed by atoms with Crippen LogP contribution in [-0.2, 0) is 13.1 Å². The zero-order valence-electron chi connectivity index (χ0n) is 14.8. The number of carbonyl (C=O) groups is 1. The largest absolute Gasteiger partial charge is 0.334 e. The molecule has 0 N–H and O–H groups in total. The van der Waals surface area contributed by atoms with Crippen LogP contribution in [0.25, 0.3) is 11.0 Å². The SMILES string of the molecule is CN(Cc1nc2ccc(Cl)cc2n1CC1CC1)C(=O)c1cccc(F)c1F. The van der Waals surface area contributed by atoms with Crippen LogP contribution in [0.5, 0.6) is 0 Å². The van der Waals surface area contributed by atoms with Crippen molar-refractivity contribution >= 4 is 28.5 Å². The van der Waals surface area contributed by atoms with E-state index in [2.05, 4.69) is 9.55 Å².